The van der Waals surface area contributed by atoms with Gasteiger partial charge in [0.25, 0.3) is 5.56 Å². The fourth-order valence-electron chi connectivity index (χ4n) is 10.5. The monoisotopic (exact) mass is 1130 g/mol. The average Bonchev–Trinajstić information content (AvgIpc) is 3.98. The minimum Gasteiger partial charge on any atom is -0.458 e. The molecule has 0 bridgehead atoms. The van der Waals surface area contributed by atoms with Gasteiger partial charge >= 0.3 is 5.97 Å². The Balaban J connectivity index is 0.00000425. The van der Waals surface area contributed by atoms with Crippen LogP contribution in [0.4, 0.5) is 10.1 Å². The standard InChI is InChI=1S/C56H59FN8O13S.C2H6/c1-30-34-15-16-56(2,49-36-26-64-41(50(36)63-39(48(34)49)21-38(30)57)20-35-37(53(64)73)27-78-55(75)51(35)71)28-76-17-18-77-29-61-45(68)24-60-52(72)40(19-32-7-4-3-5-8-32)62-46(69)25-59-44(67)23-58-43(66)10-6-9-31-11-13-33(14-12-31)65-47(70)22-42(79)54(65)74;1-2/h3-5,7-8,11-14,20-21,40,42,51,71,79H,6,9-10,15-19,22-29H2,1-2H3,(H,58,66)(H,59,67)(H,60,72)(H,61,68)(H,62,69);1-2H3/t40?,42?,51?,56-;/m0./s1. The second-order valence-corrected chi connectivity index (χ2v) is 20.8. The molecule has 0 radical (unpaired) electrons. The molecule has 1 saturated heterocycles. The second-order valence-electron chi connectivity index (χ2n) is 20.2. The van der Waals surface area contributed by atoms with Gasteiger partial charge < -0.3 is 50.5 Å². The zero-order valence-corrected chi connectivity index (χ0v) is 46.3. The third kappa shape index (κ3) is 13.3. The number of anilines is 1. The lowest BCUT2D eigenvalue weighted by Gasteiger charge is -2.37. The first-order valence-corrected chi connectivity index (χ1v) is 27.4. The molecular formula is C58H65FN8O13S. The van der Waals surface area contributed by atoms with Crippen molar-refractivity contribution in [1.29, 1.82) is 0 Å². The molecule has 21 nitrogen and oxygen atoms in total. The summed E-state index contributed by atoms with van der Waals surface area (Å²) >= 11 is 4.15. The van der Waals surface area contributed by atoms with Crippen molar-refractivity contribution < 1.29 is 62.1 Å². The summed E-state index contributed by atoms with van der Waals surface area (Å²) in [5, 5.41) is 23.5. The van der Waals surface area contributed by atoms with E-state index in [1.807, 2.05) is 20.8 Å². The molecule has 0 saturated carbocycles. The van der Waals surface area contributed by atoms with Crippen LogP contribution in [0.1, 0.15) is 97.1 Å². The van der Waals surface area contributed by atoms with Gasteiger partial charge in [0.15, 0.2) is 6.10 Å². The zero-order chi connectivity index (χ0) is 58.1. The van der Waals surface area contributed by atoms with Crippen LogP contribution in [0.3, 0.4) is 0 Å². The maximum atomic E-state index is 15.4. The van der Waals surface area contributed by atoms with E-state index in [0.717, 1.165) is 38.1 Å². The summed E-state index contributed by atoms with van der Waals surface area (Å²) in [5.41, 5.74) is 5.68. The molecule has 81 heavy (non-hydrogen) atoms. The molecule has 428 valence electrons. The minimum atomic E-state index is -1.62. The Morgan fingerprint density at radius 3 is 2.28 bits per heavy atom. The van der Waals surface area contributed by atoms with E-state index in [0.29, 0.717) is 53.8 Å². The lowest BCUT2D eigenvalue weighted by atomic mass is 9.69. The third-order valence-corrected chi connectivity index (χ3v) is 15.1. The highest BCUT2D eigenvalue weighted by molar-refractivity contribution is 7.82. The molecular weight excluding hydrogens is 1070 g/mol. The summed E-state index contributed by atoms with van der Waals surface area (Å²) in [4.78, 5) is 121. The number of aryl methyl sites for hydroxylation is 2. The summed E-state index contributed by atoms with van der Waals surface area (Å²) in [5.74, 6) is -4.87. The summed E-state index contributed by atoms with van der Waals surface area (Å²) < 4.78 is 33.8. The Morgan fingerprint density at radius 2 is 1.56 bits per heavy atom. The van der Waals surface area contributed by atoms with Gasteiger partial charge in [-0.05, 0) is 78.6 Å². The number of hydrogen-bond donors (Lipinski definition) is 7. The number of aliphatic hydroxyl groups excluding tert-OH is 1. The van der Waals surface area contributed by atoms with Gasteiger partial charge in [-0.15, -0.1) is 0 Å². The molecule has 6 N–H and O–H groups in total. The van der Waals surface area contributed by atoms with Crippen LogP contribution in [0.25, 0.3) is 22.3 Å². The number of ether oxygens (including phenoxy) is 3. The zero-order valence-electron chi connectivity index (χ0n) is 45.4. The number of cyclic esters (lactones) is 1. The van der Waals surface area contributed by atoms with E-state index in [-0.39, 0.29) is 94.4 Å². The van der Waals surface area contributed by atoms with E-state index >= 15 is 4.39 Å². The number of imide groups is 1. The highest BCUT2D eigenvalue weighted by atomic mass is 32.1. The van der Waals surface area contributed by atoms with Gasteiger partial charge in [0.05, 0.1) is 79.4 Å². The molecule has 7 amide bonds. The van der Waals surface area contributed by atoms with Gasteiger partial charge in [0.2, 0.25) is 41.4 Å². The Kier molecular flexibility index (Phi) is 19.1. The molecule has 9 rings (SSSR count). The number of thiol groups is 1. The van der Waals surface area contributed by atoms with E-state index in [4.69, 9.17) is 19.2 Å². The van der Waals surface area contributed by atoms with Crippen LogP contribution in [0.5, 0.6) is 0 Å². The quantitative estimate of drug-likeness (QED) is 0.0169. The number of aromatic nitrogens is 2. The van der Waals surface area contributed by atoms with Crippen LogP contribution in [-0.4, -0.2) is 119 Å². The van der Waals surface area contributed by atoms with Crippen LogP contribution in [0.2, 0.25) is 0 Å². The van der Waals surface area contributed by atoms with Gasteiger partial charge in [-0.1, -0.05) is 63.2 Å². The first-order chi connectivity index (χ1) is 38.9. The number of fused-ring (bicyclic) bond motifs is 5. The highest BCUT2D eigenvalue weighted by Crippen LogP contribution is 2.48. The van der Waals surface area contributed by atoms with Crippen molar-refractivity contribution >= 4 is 76.5 Å². The molecule has 3 unspecified atom stereocenters. The number of nitrogens with one attached hydrogen (secondary N) is 5. The molecule has 23 heteroatoms. The molecule has 3 aliphatic heterocycles. The third-order valence-electron chi connectivity index (χ3n) is 14.7. The lowest BCUT2D eigenvalue weighted by Crippen LogP contribution is -2.52. The average molecular weight is 1130 g/mol. The Bertz CT molecular complexity index is 3340. The van der Waals surface area contributed by atoms with Crippen LogP contribution in [0.15, 0.2) is 71.5 Å². The minimum absolute atomic E-state index is 0.0432. The van der Waals surface area contributed by atoms with Crippen LogP contribution in [-0.2, 0) is 90.4 Å². The largest absolute Gasteiger partial charge is 0.458 e. The maximum Gasteiger partial charge on any atom is 0.340 e. The number of halogens is 1. The number of aliphatic hydroxyl groups is 1. The maximum absolute atomic E-state index is 15.4. The SMILES string of the molecule is CC.Cc1c(F)cc2nc3c(c4c2c1CC[C@@]4(C)COCCOCNC(=O)CNC(=O)C(Cc1ccccc1)NC(=O)CNC(=O)CNC(=O)CCCc1ccc(N2C(=O)CC(S)C2=O)cc1)Cn1c-3cc2c(c1=O)COC(=O)C2O. The Hall–Kier alpha value is -7.86. The lowest BCUT2D eigenvalue weighted by molar-refractivity contribution is -0.157. The first kappa shape index (κ1) is 59.3. The van der Waals surface area contributed by atoms with E-state index in [1.165, 1.54) is 6.07 Å². The smallest absolute Gasteiger partial charge is 0.340 e. The highest BCUT2D eigenvalue weighted by Gasteiger charge is 2.42. The molecule has 1 fully saturated rings. The second kappa shape index (κ2) is 26.2. The number of carbonyl (C=O) groups excluding carboxylic acids is 8. The molecule has 4 aliphatic rings. The predicted molar refractivity (Wildman–Crippen MR) is 297 cm³/mol. The first-order valence-electron chi connectivity index (χ1n) is 26.9. The fraction of sp³-hybridized carbons (Fsp3) is 0.414. The number of amides is 7. The molecule has 1 aliphatic carbocycles. The number of nitrogens with zero attached hydrogens (tertiary/aromatic N) is 3. The van der Waals surface area contributed by atoms with Crippen molar-refractivity contribution in [3.8, 4) is 11.4 Å². The van der Waals surface area contributed by atoms with Crippen LogP contribution < -0.4 is 37.0 Å². The predicted octanol–water partition coefficient (Wildman–Crippen LogP) is 2.96. The van der Waals surface area contributed by atoms with Gasteiger partial charge in [-0.2, -0.15) is 12.6 Å². The van der Waals surface area contributed by atoms with Crippen molar-refractivity contribution in [1.82, 2.24) is 36.1 Å². The normalized spacial score (nSPS) is 17.9. The van der Waals surface area contributed by atoms with Gasteiger partial charge in [-0.3, -0.25) is 38.4 Å². The number of hydrogen-bond acceptors (Lipinski definition) is 15. The summed E-state index contributed by atoms with van der Waals surface area (Å²) in [7, 11) is 0. The van der Waals surface area contributed by atoms with Crippen molar-refractivity contribution in [3.05, 3.63) is 127 Å². The van der Waals surface area contributed by atoms with E-state index in [2.05, 4.69) is 39.2 Å². The molecule has 3 aromatic carbocycles. The topological polar surface area (TPSA) is 283 Å². The summed E-state index contributed by atoms with van der Waals surface area (Å²) in [6.07, 6.45) is 0.731. The van der Waals surface area contributed by atoms with Crippen LogP contribution in [0, 0.1) is 12.7 Å². The molecule has 4 atom stereocenters. The van der Waals surface area contributed by atoms with Crippen molar-refractivity contribution in [2.75, 3.05) is 51.1 Å². The number of esters is 1. The summed E-state index contributed by atoms with van der Waals surface area (Å²) in [6, 6.07) is 17.6. The molecule has 5 heterocycles. The number of benzene rings is 3. The number of rotatable bonds is 22. The van der Waals surface area contributed by atoms with E-state index in [1.54, 1.807) is 72.2 Å². The van der Waals surface area contributed by atoms with Gasteiger partial charge in [-0.25, -0.2) is 19.1 Å². The molecule has 0 spiro atoms. The van der Waals surface area contributed by atoms with Gasteiger partial charge in [0, 0.05) is 47.3 Å². The van der Waals surface area contributed by atoms with Crippen molar-refractivity contribution in [2.24, 2.45) is 0 Å². The number of pyridine rings is 2. The van der Waals surface area contributed by atoms with Gasteiger partial charge in [0.1, 0.15) is 25.2 Å². The number of carbonyl (C=O) groups is 8. The van der Waals surface area contributed by atoms with Crippen molar-refractivity contribution in [2.45, 2.75) is 109 Å². The van der Waals surface area contributed by atoms with E-state index in [9.17, 15) is 48.3 Å². The van der Waals surface area contributed by atoms with Crippen LogP contribution >= 0.6 is 12.6 Å². The Labute approximate surface area is 471 Å². The van der Waals surface area contributed by atoms with E-state index < -0.39 is 76.9 Å². The Morgan fingerprint density at radius 1 is 0.864 bits per heavy atom. The fourth-order valence-corrected chi connectivity index (χ4v) is 10.8. The summed E-state index contributed by atoms with van der Waals surface area (Å²) in [6.45, 7) is 6.59. The van der Waals surface area contributed by atoms with Crippen molar-refractivity contribution in [3.63, 3.8) is 0 Å². The molecule has 2 aromatic heterocycles. The molecule has 5 aromatic rings.